The van der Waals surface area contributed by atoms with Crippen molar-refractivity contribution in [2.75, 3.05) is 13.1 Å². The standard InChI is InChI=1S/C12H14N4O3/c17-16(18)11-3-1-10(2-4-11)5-7-13-8-6-12-14-9-19-15-12/h1-4,9,13H,5-8H2. The fourth-order valence-corrected chi connectivity index (χ4v) is 1.64. The van der Waals surface area contributed by atoms with Gasteiger partial charge in [0.2, 0.25) is 6.39 Å². The van der Waals surface area contributed by atoms with Gasteiger partial charge in [0.25, 0.3) is 5.69 Å². The smallest absolute Gasteiger partial charge is 0.269 e. The number of rotatable bonds is 7. The van der Waals surface area contributed by atoms with Crippen LogP contribution in [0.3, 0.4) is 0 Å². The molecule has 0 radical (unpaired) electrons. The molecular weight excluding hydrogens is 248 g/mol. The molecule has 0 bridgehead atoms. The van der Waals surface area contributed by atoms with E-state index in [2.05, 4.69) is 20.0 Å². The van der Waals surface area contributed by atoms with Crippen LogP contribution in [0.4, 0.5) is 5.69 Å². The molecule has 2 rings (SSSR count). The Morgan fingerprint density at radius 3 is 2.58 bits per heavy atom. The van der Waals surface area contributed by atoms with Gasteiger partial charge in [-0.1, -0.05) is 17.3 Å². The van der Waals surface area contributed by atoms with Gasteiger partial charge in [0.1, 0.15) is 0 Å². The number of aromatic nitrogens is 2. The third-order valence-electron chi connectivity index (χ3n) is 2.67. The first-order valence-electron chi connectivity index (χ1n) is 5.95. The first-order chi connectivity index (χ1) is 9.25. The molecule has 100 valence electrons. The Hall–Kier alpha value is -2.28. The van der Waals surface area contributed by atoms with E-state index in [0.717, 1.165) is 31.5 Å². The number of nitrogens with one attached hydrogen (secondary N) is 1. The average molecular weight is 262 g/mol. The van der Waals surface area contributed by atoms with Crippen molar-refractivity contribution in [3.05, 3.63) is 52.2 Å². The lowest BCUT2D eigenvalue weighted by Gasteiger charge is -2.03. The molecule has 0 atom stereocenters. The van der Waals surface area contributed by atoms with Crippen LogP contribution in [0.25, 0.3) is 0 Å². The molecule has 0 fully saturated rings. The number of hydrogen-bond acceptors (Lipinski definition) is 6. The Labute approximate surface area is 109 Å². The summed E-state index contributed by atoms with van der Waals surface area (Å²) in [6, 6.07) is 6.60. The molecule has 0 saturated carbocycles. The van der Waals surface area contributed by atoms with Crippen LogP contribution in [0.1, 0.15) is 11.4 Å². The third kappa shape index (κ3) is 4.14. The zero-order chi connectivity index (χ0) is 13.5. The van der Waals surface area contributed by atoms with Crippen molar-refractivity contribution in [2.45, 2.75) is 12.8 Å². The van der Waals surface area contributed by atoms with Crippen LogP contribution in [0.5, 0.6) is 0 Å². The van der Waals surface area contributed by atoms with E-state index < -0.39 is 4.92 Å². The maximum Gasteiger partial charge on any atom is 0.269 e. The van der Waals surface area contributed by atoms with Gasteiger partial charge in [-0.3, -0.25) is 10.1 Å². The van der Waals surface area contributed by atoms with Crippen molar-refractivity contribution in [3.8, 4) is 0 Å². The first-order valence-corrected chi connectivity index (χ1v) is 5.95. The molecule has 19 heavy (non-hydrogen) atoms. The molecule has 0 aliphatic heterocycles. The second-order valence-corrected chi connectivity index (χ2v) is 4.02. The van der Waals surface area contributed by atoms with Crippen molar-refractivity contribution >= 4 is 5.69 Å². The van der Waals surface area contributed by atoms with Gasteiger partial charge in [-0.25, -0.2) is 0 Å². The van der Waals surface area contributed by atoms with E-state index in [1.807, 2.05) is 0 Å². The Morgan fingerprint density at radius 2 is 1.95 bits per heavy atom. The number of non-ortho nitro benzene ring substituents is 1. The molecule has 0 spiro atoms. The topological polar surface area (TPSA) is 94.1 Å². The SMILES string of the molecule is O=[N+]([O-])c1ccc(CCNCCc2ncon2)cc1. The van der Waals surface area contributed by atoms with Crippen LogP contribution in [-0.2, 0) is 12.8 Å². The quantitative estimate of drug-likeness (QED) is 0.460. The average Bonchev–Trinajstić information content (AvgIpc) is 2.92. The van der Waals surface area contributed by atoms with Gasteiger partial charge in [-0.2, -0.15) is 4.98 Å². The predicted molar refractivity (Wildman–Crippen MR) is 67.7 cm³/mol. The van der Waals surface area contributed by atoms with Gasteiger partial charge in [0, 0.05) is 25.1 Å². The Balaban J connectivity index is 1.66. The molecule has 7 heteroatoms. The van der Waals surface area contributed by atoms with E-state index in [4.69, 9.17) is 0 Å². The van der Waals surface area contributed by atoms with E-state index in [1.165, 1.54) is 18.5 Å². The minimum Gasteiger partial charge on any atom is -0.343 e. The Kier molecular flexibility index (Phi) is 4.57. The summed E-state index contributed by atoms with van der Waals surface area (Å²) in [4.78, 5) is 14.0. The van der Waals surface area contributed by atoms with E-state index in [1.54, 1.807) is 12.1 Å². The van der Waals surface area contributed by atoms with Crippen molar-refractivity contribution < 1.29 is 9.45 Å². The van der Waals surface area contributed by atoms with Gasteiger partial charge in [-0.05, 0) is 18.5 Å². The minimum atomic E-state index is -0.396. The molecule has 1 aromatic carbocycles. The molecule has 1 N–H and O–H groups in total. The first kappa shape index (κ1) is 13.2. The van der Waals surface area contributed by atoms with E-state index >= 15 is 0 Å². The summed E-state index contributed by atoms with van der Waals surface area (Å²) < 4.78 is 4.63. The van der Waals surface area contributed by atoms with Crippen molar-refractivity contribution in [3.63, 3.8) is 0 Å². The molecule has 0 aliphatic carbocycles. The van der Waals surface area contributed by atoms with Crippen LogP contribution < -0.4 is 5.32 Å². The molecular formula is C12H14N4O3. The lowest BCUT2D eigenvalue weighted by atomic mass is 10.1. The van der Waals surface area contributed by atoms with Crippen LogP contribution in [-0.4, -0.2) is 28.2 Å². The lowest BCUT2D eigenvalue weighted by Crippen LogP contribution is -2.20. The fourth-order valence-electron chi connectivity index (χ4n) is 1.64. The number of hydrogen-bond donors (Lipinski definition) is 1. The van der Waals surface area contributed by atoms with Gasteiger partial charge in [-0.15, -0.1) is 0 Å². The number of nitrogens with zero attached hydrogens (tertiary/aromatic N) is 3. The van der Waals surface area contributed by atoms with Crippen molar-refractivity contribution in [1.29, 1.82) is 0 Å². The monoisotopic (exact) mass is 262 g/mol. The van der Waals surface area contributed by atoms with Gasteiger partial charge in [0.05, 0.1) is 4.92 Å². The number of benzene rings is 1. The van der Waals surface area contributed by atoms with Crippen molar-refractivity contribution in [2.24, 2.45) is 0 Å². The maximum atomic E-state index is 10.5. The zero-order valence-electron chi connectivity index (χ0n) is 10.3. The molecule has 0 unspecified atom stereocenters. The minimum absolute atomic E-state index is 0.119. The molecule has 1 aromatic heterocycles. The normalized spacial score (nSPS) is 10.5. The van der Waals surface area contributed by atoms with E-state index in [9.17, 15) is 10.1 Å². The second kappa shape index (κ2) is 6.60. The largest absolute Gasteiger partial charge is 0.343 e. The Morgan fingerprint density at radius 1 is 1.21 bits per heavy atom. The fraction of sp³-hybridized carbons (Fsp3) is 0.333. The number of nitro benzene ring substituents is 1. The van der Waals surface area contributed by atoms with Gasteiger partial charge in [0.15, 0.2) is 5.82 Å². The third-order valence-corrected chi connectivity index (χ3v) is 2.67. The van der Waals surface area contributed by atoms with Crippen LogP contribution in [0.15, 0.2) is 35.2 Å². The predicted octanol–water partition coefficient (Wildman–Crippen LogP) is 1.35. The summed E-state index contributed by atoms with van der Waals surface area (Å²) in [5.41, 5.74) is 1.19. The highest BCUT2D eigenvalue weighted by Crippen LogP contribution is 2.11. The zero-order valence-corrected chi connectivity index (χ0v) is 10.3. The molecule has 0 amide bonds. The van der Waals surface area contributed by atoms with E-state index in [-0.39, 0.29) is 5.69 Å². The lowest BCUT2D eigenvalue weighted by molar-refractivity contribution is -0.384. The van der Waals surface area contributed by atoms with Crippen LogP contribution in [0.2, 0.25) is 0 Å². The van der Waals surface area contributed by atoms with Crippen LogP contribution in [0, 0.1) is 10.1 Å². The van der Waals surface area contributed by atoms with Crippen LogP contribution >= 0.6 is 0 Å². The van der Waals surface area contributed by atoms with Gasteiger partial charge < -0.3 is 9.84 Å². The summed E-state index contributed by atoms with van der Waals surface area (Å²) >= 11 is 0. The highest BCUT2D eigenvalue weighted by molar-refractivity contribution is 5.32. The molecule has 0 saturated heterocycles. The molecule has 7 nitrogen and oxygen atoms in total. The molecule has 2 aromatic rings. The van der Waals surface area contributed by atoms with Gasteiger partial charge >= 0.3 is 0 Å². The number of nitro groups is 1. The maximum absolute atomic E-state index is 10.5. The summed E-state index contributed by atoms with van der Waals surface area (Å²) in [7, 11) is 0. The molecule has 0 aliphatic rings. The summed E-state index contributed by atoms with van der Waals surface area (Å²) in [5.74, 6) is 0.683. The molecule has 1 heterocycles. The summed E-state index contributed by atoms with van der Waals surface area (Å²) in [6.45, 7) is 1.57. The highest BCUT2D eigenvalue weighted by Gasteiger charge is 2.03. The highest BCUT2D eigenvalue weighted by atomic mass is 16.6. The Bertz CT molecular complexity index is 510. The summed E-state index contributed by atoms with van der Waals surface area (Å²) in [5, 5.41) is 17.5. The van der Waals surface area contributed by atoms with E-state index in [0.29, 0.717) is 5.82 Å². The summed E-state index contributed by atoms with van der Waals surface area (Å²) in [6.07, 6.45) is 2.85. The second-order valence-electron chi connectivity index (χ2n) is 4.02. The van der Waals surface area contributed by atoms with Crippen molar-refractivity contribution in [1.82, 2.24) is 15.5 Å².